The number of fused-ring (bicyclic) bond motifs is 1. The second-order valence-corrected chi connectivity index (χ2v) is 6.57. The van der Waals surface area contributed by atoms with Crippen LogP contribution in [0.3, 0.4) is 0 Å². The second-order valence-electron chi connectivity index (χ2n) is 6.57. The molecular formula is C22H26O3. The Morgan fingerprint density at radius 3 is 2.64 bits per heavy atom. The first-order valence-electron chi connectivity index (χ1n) is 9.29. The van der Waals surface area contributed by atoms with Crippen molar-refractivity contribution in [1.82, 2.24) is 0 Å². The Kier molecular flexibility index (Phi) is 6.10. The Bertz CT molecular complexity index is 694. The molecule has 132 valence electrons. The first kappa shape index (κ1) is 17.5. The fourth-order valence-corrected chi connectivity index (χ4v) is 3.14. The molecule has 0 N–H and O–H groups in total. The molecule has 0 fully saturated rings. The number of rotatable bonds is 8. The lowest BCUT2D eigenvalue weighted by molar-refractivity contribution is 0.0849. The van der Waals surface area contributed by atoms with E-state index in [1.807, 2.05) is 48.5 Å². The van der Waals surface area contributed by atoms with Gasteiger partial charge in [-0.05, 0) is 30.2 Å². The van der Waals surface area contributed by atoms with Crippen LogP contribution >= 0.6 is 0 Å². The van der Waals surface area contributed by atoms with Gasteiger partial charge in [0, 0.05) is 0 Å². The zero-order valence-electron chi connectivity index (χ0n) is 14.9. The number of carbonyl (C=O) groups excluding carboxylic acids is 1. The van der Waals surface area contributed by atoms with Crippen LogP contribution in [0.15, 0.2) is 48.5 Å². The van der Waals surface area contributed by atoms with Crippen LogP contribution < -0.4 is 9.47 Å². The molecule has 1 atom stereocenters. The Balaban J connectivity index is 1.60. The zero-order valence-corrected chi connectivity index (χ0v) is 14.9. The van der Waals surface area contributed by atoms with Gasteiger partial charge in [0.15, 0.2) is 5.78 Å². The van der Waals surface area contributed by atoms with Gasteiger partial charge in [-0.1, -0.05) is 62.9 Å². The summed E-state index contributed by atoms with van der Waals surface area (Å²) in [5.74, 6) is 1.52. The van der Waals surface area contributed by atoms with Crippen LogP contribution in [-0.4, -0.2) is 12.4 Å². The van der Waals surface area contributed by atoms with Crippen molar-refractivity contribution in [3.63, 3.8) is 0 Å². The molecule has 1 aliphatic heterocycles. The number of carbonyl (C=O) groups is 1. The number of benzene rings is 2. The summed E-state index contributed by atoms with van der Waals surface area (Å²) >= 11 is 0. The van der Waals surface area contributed by atoms with Crippen molar-refractivity contribution in [2.24, 2.45) is 0 Å². The number of ether oxygens (including phenoxy) is 2. The molecule has 1 aliphatic rings. The fraction of sp³-hybridized carbons (Fsp3) is 0.409. The molecule has 0 radical (unpaired) electrons. The van der Waals surface area contributed by atoms with E-state index in [1.165, 1.54) is 25.7 Å². The highest BCUT2D eigenvalue weighted by atomic mass is 16.5. The molecule has 0 saturated carbocycles. The Labute approximate surface area is 150 Å². The number of ketones is 1. The van der Waals surface area contributed by atoms with Crippen LogP contribution in [0, 0.1) is 0 Å². The van der Waals surface area contributed by atoms with Gasteiger partial charge in [-0.15, -0.1) is 0 Å². The van der Waals surface area contributed by atoms with Crippen molar-refractivity contribution in [3.05, 3.63) is 59.7 Å². The first-order chi connectivity index (χ1) is 12.3. The van der Waals surface area contributed by atoms with Crippen LogP contribution in [0.5, 0.6) is 11.5 Å². The van der Waals surface area contributed by atoms with Gasteiger partial charge in [-0.25, -0.2) is 0 Å². The van der Waals surface area contributed by atoms with Gasteiger partial charge in [0.25, 0.3) is 0 Å². The first-order valence-corrected chi connectivity index (χ1v) is 9.29. The van der Waals surface area contributed by atoms with Crippen molar-refractivity contribution >= 4 is 5.78 Å². The second kappa shape index (κ2) is 8.70. The normalized spacial score (nSPS) is 16.2. The number of unbranched alkanes of at least 4 members (excludes halogenated alkanes) is 4. The van der Waals surface area contributed by atoms with Crippen LogP contribution in [0.4, 0.5) is 0 Å². The molecule has 0 aliphatic carbocycles. The molecule has 0 amide bonds. The van der Waals surface area contributed by atoms with Crippen molar-refractivity contribution in [2.45, 2.75) is 51.6 Å². The van der Waals surface area contributed by atoms with E-state index in [4.69, 9.17) is 9.47 Å². The maximum absolute atomic E-state index is 12.5. The predicted octanol–water partition coefficient (Wildman–Crippen LogP) is 5.74. The number of hydrogen-bond donors (Lipinski definition) is 0. The van der Waals surface area contributed by atoms with Crippen LogP contribution in [0.1, 0.15) is 67.5 Å². The van der Waals surface area contributed by atoms with E-state index in [0.29, 0.717) is 24.3 Å². The smallest absolute Gasteiger partial charge is 0.170 e. The molecule has 1 unspecified atom stereocenters. The third-order valence-electron chi connectivity index (χ3n) is 4.58. The number of Topliss-reactive ketones (excluding diaryl/α,β-unsaturated/α-hetero) is 1. The van der Waals surface area contributed by atoms with Gasteiger partial charge in [0.2, 0.25) is 0 Å². The molecule has 2 aromatic rings. The lowest BCUT2D eigenvalue weighted by Crippen LogP contribution is -2.20. The van der Waals surface area contributed by atoms with E-state index in [9.17, 15) is 4.79 Å². The van der Waals surface area contributed by atoms with Crippen LogP contribution in [0.25, 0.3) is 0 Å². The highest BCUT2D eigenvalue weighted by molar-refractivity contribution is 6.00. The lowest BCUT2D eigenvalue weighted by Gasteiger charge is -2.26. The van der Waals surface area contributed by atoms with Gasteiger partial charge < -0.3 is 9.47 Å². The topological polar surface area (TPSA) is 35.5 Å². The molecular weight excluding hydrogens is 312 g/mol. The summed E-state index contributed by atoms with van der Waals surface area (Å²) in [7, 11) is 0. The highest BCUT2D eigenvalue weighted by Crippen LogP contribution is 2.36. The predicted molar refractivity (Wildman–Crippen MR) is 99.5 cm³/mol. The van der Waals surface area contributed by atoms with Crippen molar-refractivity contribution in [1.29, 1.82) is 0 Å². The monoisotopic (exact) mass is 338 g/mol. The zero-order chi connectivity index (χ0) is 17.5. The summed E-state index contributed by atoms with van der Waals surface area (Å²) in [5.41, 5.74) is 1.67. The Hall–Kier alpha value is -2.29. The number of hydrogen-bond acceptors (Lipinski definition) is 3. The van der Waals surface area contributed by atoms with Gasteiger partial charge in [-0.3, -0.25) is 4.79 Å². The molecule has 3 heteroatoms. The van der Waals surface area contributed by atoms with Crippen molar-refractivity contribution in [2.75, 3.05) is 6.61 Å². The highest BCUT2D eigenvalue weighted by Gasteiger charge is 2.27. The summed E-state index contributed by atoms with van der Waals surface area (Å²) in [6.45, 7) is 2.91. The molecule has 0 saturated heterocycles. The minimum atomic E-state index is -0.202. The van der Waals surface area contributed by atoms with Crippen molar-refractivity contribution in [3.8, 4) is 11.5 Å². The third-order valence-corrected chi connectivity index (χ3v) is 4.58. The minimum absolute atomic E-state index is 0.114. The van der Waals surface area contributed by atoms with Gasteiger partial charge in [0.1, 0.15) is 17.6 Å². The maximum atomic E-state index is 12.5. The summed E-state index contributed by atoms with van der Waals surface area (Å²) in [4.78, 5) is 12.5. The molecule has 0 bridgehead atoms. The van der Waals surface area contributed by atoms with Crippen LogP contribution in [-0.2, 0) is 0 Å². The molecule has 0 aromatic heterocycles. The summed E-state index contributed by atoms with van der Waals surface area (Å²) in [6, 6.07) is 15.5. The van der Waals surface area contributed by atoms with E-state index in [-0.39, 0.29) is 11.9 Å². The largest absolute Gasteiger partial charge is 0.494 e. The van der Waals surface area contributed by atoms with E-state index < -0.39 is 0 Å². The fourth-order valence-electron chi connectivity index (χ4n) is 3.14. The van der Waals surface area contributed by atoms with E-state index in [0.717, 1.165) is 17.7 Å². The van der Waals surface area contributed by atoms with Gasteiger partial charge in [-0.2, -0.15) is 0 Å². The molecule has 3 rings (SSSR count). The summed E-state index contributed by atoms with van der Waals surface area (Å²) in [5, 5.41) is 0. The quantitative estimate of drug-likeness (QED) is 0.576. The summed E-state index contributed by atoms with van der Waals surface area (Å²) in [6.07, 6.45) is 6.21. The molecule has 1 heterocycles. The minimum Gasteiger partial charge on any atom is -0.494 e. The molecule has 3 nitrogen and oxygen atoms in total. The van der Waals surface area contributed by atoms with E-state index in [2.05, 4.69) is 6.92 Å². The Morgan fingerprint density at radius 2 is 1.84 bits per heavy atom. The van der Waals surface area contributed by atoms with Crippen molar-refractivity contribution < 1.29 is 14.3 Å². The van der Waals surface area contributed by atoms with E-state index >= 15 is 0 Å². The van der Waals surface area contributed by atoms with E-state index in [1.54, 1.807) is 0 Å². The Morgan fingerprint density at radius 1 is 1.04 bits per heavy atom. The van der Waals surface area contributed by atoms with Gasteiger partial charge >= 0.3 is 0 Å². The van der Waals surface area contributed by atoms with Crippen LogP contribution in [0.2, 0.25) is 0 Å². The molecule has 0 spiro atoms. The average Bonchev–Trinajstić information content (AvgIpc) is 2.65. The lowest BCUT2D eigenvalue weighted by atomic mass is 9.96. The average molecular weight is 338 g/mol. The maximum Gasteiger partial charge on any atom is 0.170 e. The summed E-state index contributed by atoms with van der Waals surface area (Å²) < 4.78 is 11.8. The standard InChI is InChI=1S/C22H26O3/c1-2-3-4-5-9-14-24-18-12-13-21-19(15-18)20(23)16-22(25-21)17-10-7-6-8-11-17/h6-8,10-13,15,22H,2-5,9,14,16H2,1H3. The van der Waals surface area contributed by atoms with Gasteiger partial charge in [0.05, 0.1) is 18.6 Å². The molecule has 25 heavy (non-hydrogen) atoms. The molecule has 2 aromatic carbocycles. The third kappa shape index (κ3) is 4.62. The SMILES string of the molecule is CCCCCCCOc1ccc2c(c1)C(=O)CC(c1ccccc1)O2.